The summed E-state index contributed by atoms with van der Waals surface area (Å²) in [5, 5.41) is 9.54. The minimum absolute atomic E-state index is 0.405. The maximum Gasteiger partial charge on any atom is 0.307 e. The number of benzene rings is 1. The number of halogens is 1. The van der Waals surface area contributed by atoms with E-state index in [1.807, 2.05) is 19.1 Å². The molecule has 5 nitrogen and oxygen atoms in total. The molecule has 1 aliphatic rings. The molecular formula is C15H20ClNO4. The number of carboxylic acid groups (broad SMARTS) is 1. The van der Waals surface area contributed by atoms with Crippen molar-refractivity contribution < 1.29 is 19.4 Å². The molecular weight excluding hydrogens is 294 g/mol. The molecule has 1 atom stereocenters. The summed E-state index contributed by atoms with van der Waals surface area (Å²) in [6.07, 6.45) is 0. The average Bonchev–Trinajstić information content (AvgIpc) is 2.46. The Bertz CT molecular complexity index is 521. The third-order valence-electron chi connectivity index (χ3n) is 3.46. The van der Waals surface area contributed by atoms with Crippen LogP contribution in [0, 0.1) is 5.92 Å². The average molecular weight is 314 g/mol. The molecule has 1 heterocycles. The predicted molar refractivity (Wildman–Crippen MR) is 80.2 cm³/mol. The molecule has 1 N–H and O–H groups in total. The Kier molecular flexibility index (Phi) is 5.31. The second-order valence-electron chi connectivity index (χ2n) is 5.17. The van der Waals surface area contributed by atoms with Crippen LogP contribution in [-0.4, -0.2) is 42.3 Å². The highest BCUT2D eigenvalue weighted by molar-refractivity contribution is 6.32. The molecule has 1 aliphatic heterocycles. The normalized spacial score (nSPS) is 15.0. The van der Waals surface area contributed by atoms with Crippen LogP contribution >= 0.6 is 11.6 Å². The van der Waals surface area contributed by atoms with Crippen molar-refractivity contribution in [2.24, 2.45) is 5.92 Å². The standard InChI is InChI=1S/C15H20ClNO4/c1-3-17(8-10(2)15(18)19)9-11-6-12(16)14-13(7-11)20-4-5-21-14/h6-7,10H,3-5,8-9H2,1-2H3,(H,18,19). The Morgan fingerprint density at radius 1 is 1.43 bits per heavy atom. The van der Waals surface area contributed by atoms with E-state index in [-0.39, 0.29) is 0 Å². The van der Waals surface area contributed by atoms with Gasteiger partial charge in [-0.15, -0.1) is 0 Å². The fourth-order valence-corrected chi connectivity index (χ4v) is 2.57. The second kappa shape index (κ2) is 7.00. The molecule has 1 aromatic rings. The summed E-state index contributed by atoms with van der Waals surface area (Å²) in [6, 6.07) is 3.76. The first-order chi connectivity index (χ1) is 10.0. The lowest BCUT2D eigenvalue weighted by molar-refractivity contribution is -0.141. The van der Waals surface area contributed by atoms with E-state index in [1.54, 1.807) is 6.92 Å². The van der Waals surface area contributed by atoms with E-state index in [9.17, 15) is 4.79 Å². The Balaban J connectivity index is 2.10. The number of carboxylic acids is 1. The molecule has 6 heteroatoms. The fourth-order valence-electron chi connectivity index (χ4n) is 2.28. The molecule has 0 saturated carbocycles. The van der Waals surface area contributed by atoms with E-state index in [2.05, 4.69) is 4.90 Å². The van der Waals surface area contributed by atoms with Crippen molar-refractivity contribution in [2.75, 3.05) is 26.3 Å². The first-order valence-corrected chi connectivity index (χ1v) is 7.42. The zero-order chi connectivity index (χ0) is 15.4. The first kappa shape index (κ1) is 15.9. The smallest absolute Gasteiger partial charge is 0.307 e. The van der Waals surface area contributed by atoms with Crippen molar-refractivity contribution in [1.29, 1.82) is 0 Å². The molecule has 0 radical (unpaired) electrons. The third kappa shape index (κ3) is 4.02. The number of rotatable bonds is 6. The zero-order valence-electron chi connectivity index (χ0n) is 12.3. The van der Waals surface area contributed by atoms with Gasteiger partial charge in [-0.3, -0.25) is 9.69 Å². The van der Waals surface area contributed by atoms with Gasteiger partial charge in [0.05, 0.1) is 10.9 Å². The molecule has 0 aromatic heterocycles. The van der Waals surface area contributed by atoms with Gasteiger partial charge in [-0.2, -0.15) is 0 Å². The topological polar surface area (TPSA) is 59.0 Å². The van der Waals surface area contributed by atoms with Crippen molar-refractivity contribution in [2.45, 2.75) is 20.4 Å². The number of hydrogen-bond acceptors (Lipinski definition) is 4. The van der Waals surface area contributed by atoms with Crippen LogP contribution in [0.25, 0.3) is 0 Å². The first-order valence-electron chi connectivity index (χ1n) is 7.04. The van der Waals surface area contributed by atoms with Crippen LogP contribution in [0.3, 0.4) is 0 Å². The van der Waals surface area contributed by atoms with Crippen molar-refractivity contribution >= 4 is 17.6 Å². The van der Waals surface area contributed by atoms with E-state index in [0.717, 1.165) is 12.1 Å². The van der Waals surface area contributed by atoms with Crippen molar-refractivity contribution in [3.8, 4) is 11.5 Å². The van der Waals surface area contributed by atoms with Crippen LogP contribution in [0.1, 0.15) is 19.4 Å². The molecule has 0 saturated heterocycles. The fraction of sp³-hybridized carbons (Fsp3) is 0.533. The molecule has 0 amide bonds. The van der Waals surface area contributed by atoms with Gasteiger partial charge >= 0.3 is 5.97 Å². The second-order valence-corrected chi connectivity index (χ2v) is 5.58. The van der Waals surface area contributed by atoms with Crippen molar-refractivity contribution in [3.63, 3.8) is 0 Å². The summed E-state index contributed by atoms with van der Waals surface area (Å²) < 4.78 is 11.0. The third-order valence-corrected chi connectivity index (χ3v) is 3.74. The number of aliphatic carboxylic acids is 1. The molecule has 1 aromatic carbocycles. The van der Waals surface area contributed by atoms with Crippen LogP contribution in [-0.2, 0) is 11.3 Å². The Morgan fingerprint density at radius 2 is 2.14 bits per heavy atom. The van der Waals surface area contributed by atoms with Crippen LogP contribution in [0.2, 0.25) is 5.02 Å². The van der Waals surface area contributed by atoms with Crippen LogP contribution in [0.4, 0.5) is 0 Å². The highest BCUT2D eigenvalue weighted by Crippen LogP contribution is 2.38. The highest BCUT2D eigenvalue weighted by atomic mass is 35.5. The molecule has 2 rings (SSSR count). The lowest BCUT2D eigenvalue weighted by atomic mass is 10.1. The molecule has 116 valence electrons. The Morgan fingerprint density at radius 3 is 2.81 bits per heavy atom. The summed E-state index contributed by atoms with van der Waals surface area (Å²) >= 11 is 6.21. The molecule has 21 heavy (non-hydrogen) atoms. The quantitative estimate of drug-likeness (QED) is 0.875. The van der Waals surface area contributed by atoms with Crippen LogP contribution in [0.15, 0.2) is 12.1 Å². The van der Waals surface area contributed by atoms with Gasteiger partial charge in [0.15, 0.2) is 11.5 Å². The van der Waals surface area contributed by atoms with E-state index >= 15 is 0 Å². The van der Waals surface area contributed by atoms with E-state index in [0.29, 0.717) is 42.8 Å². The Hall–Kier alpha value is -1.46. The molecule has 0 fully saturated rings. The van der Waals surface area contributed by atoms with Gasteiger partial charge < -0.3 is 14.6 Å². The van der Waals surface area contributed by atoms with Crippen LogP contribution < -0.4 is 9.47 Å². The van der Waals surface area contributed by atoms with Gasteiger partial charge in [-0.1, -0.05) is 25.4 Å². The summed E-state index contributed by atoms with van der Waals surface area (Å²) in [4.78, 5) is 13.0. The monoisotopic (exact) mass is 313 g/mol. The van der Waals surface area contributed by atoms with Crippen molar-refractivity contribution in [3.05, 3.63) is 22.7 Å². The summed E-state index contributed by atoms with van der Waals surface area (Å²) in [5.41, 5.74) is 0.990. The molecule has 1 unspecified atom stereocenters. The van der Waals surface area contributed by atoms with Gasteiger partial charge in [0, 0.05) is 13.1 Å². The predicted octanol–water partition coefficient (Wildman–Crippen LogP) is 2.65. The summed E-state index contributed by atoms with van der Waals surface area (Å²) in [5.74, 6) is 0.0611. The molecule has 0 aliphatic carbocycles. The maximum atomic E-state index is 11.0. The largest absolute Gasteiger partial charge is 0.486 e. The number of hydrogen-bond donors (Lipinski definition) is 1. The van der Waals surface area contributed by atoms with Gasteiger partial charge in [0.2, 0.25) is 0 Å². The van der Waals surface area contributed by atoms with Gasteiger partial charge in [0.25, 0.3) is 0 Å². The van der Waals surface area contributed by atoms with Gasteiger partial charge in [-0.05, 0) is 24.2 Å². The van der Waals surface area contributed by atoms with Gasteiger partial charge in [0.1, 0.15) is 13.2 Å². The van der Waals surface area contributed by atoms with Crippen LogP contribution in [0.5, 0.6) is 11.5 Å². The van der Waals surface area contributed by atoms with E-state index in [1.165, 1.54) is 0 Å². The minimum atomic E-state index is -0.784. The lowest BCUT2D eigenvalue weighted by Crippen LogP contribution is -2.31. The Labute approximate surface area is 129 Å². The lowest BCUT2D eigenvalue weighted by Gasteiger charge is -2.24. The number of ether oxygens (including phenoxy) is 2. The zero-order valence-corrected chi connectivity index (χ0v) is 13.0. The summed E-state index contributed by atoms with van der Waals surface area (Å²) in [7, 11) is 0. The highest BCUT2D eigenvalue weighted by Gasteiger charge is 2.19. The van der Waals surface area contributed by atoms with E-state index in [4.69, 9.17) is 26.2 Å². The summed E-state index contributed by atoms with van der Waals surface area (Å²) in [6.45, 7) is 6.63. The minimum Gasteiger partial charge on any atom is -0.486 e. The number of fused-ring (bicyclic) bond motifs is 1. The SMILES string of the molecule is CCN(Cc1cc(Cl)c2c(c1)OCCO2)CC(C)C(=O)O. The van der Waals surface area contributed by atoms with Gasteiger partial charge in [-0.25, -0.2) is 0 Å². The maximum absolute atomic E-state index is 11.0. The van der Waals surface area contributed by atoms with E-state index < -0.39 is 11.9 Å². The van der Waals surface area contributed by atoms with Crippen molar-refractivity contribution in [1.82, 2.24) is 4.90 Å². The molecule has 0 spiro atoms. The molecule has 0 bridgehead atoms. The number of carbonyl (C=O) groups is 1. The number of nitrogens with zero attached hydrogens (tertiary/aromatic N) is 1.